The van der Waals surface area contributed by atoms with Gasteiger partial charge in [0.05, 0.1) is 6.10 Å². The normalized spacial score (nSPS) is 12.8. The van der Waals surface area contributed by atoms with Gasteiger partial charge in [-0.3, -0.25) is 0 Å². The number of rotatable bonds is 3. The molecule has 1 aromatic carbocycles. The fourth-order valence-electron chi connectivity index (χ4n) is 1.22. The predicted octanol–water partition coefficient (Wildman–Crippen LogP) is 1.25. The van der Waals surface area contributed by atoms with E-state index >= 15 is 0 Å². The average Bonchev–Trinajstić information content (AvgIpc) is 2.15. The number of aliphatic hydroxyl groups excluding tert-OH is 1. The molecule has 0 saturated heterocycles. The molecule has 1 rings (SSSR count). The summed E-state index contributed by atoms with van der Waals surface area (Å²) in [5.74, 6) is -2.45. The minimum atomic E-state index is -1.03. The van der Waals surface area contributed by atoms with Gasteiger partial charge in [0.25, 0.3) is 0 Å². The molecule has 1 atom stereocenters. The molecule has 4 N–H and O–H groups in total. The van der Waals surface area contributed by atoms with Gasteiger partial charge in [-0.1, -0.05) is 15.9 Å². The molecular formula is C9H11BrFNO3. The molecule has 6 heteroatoms. The molecule has 0 bridgehead atoms. The Morgan fingerprint density at radius 1 is 1.47 bits per heavy atom. The molecule has 0 radical (unpaired) electrons. The standard InChI is InChI=1S/C9H11BrFNO3/c1-12-3-6(13)7-4(10)2-5(11)8(14)9(7)15/h2,6,12-15H,3H2,1H3. The first-order valence-electron chi connectivity index (χ1n) is 4.21. The molecule has 4 nitrogen and oxygen atoms in total. The average molecular weight is 280 g/mol. The number of phenolic OH excluding ortho intramolecular Hbond substituents is 2. The van der Waals surface area contributed by atoms with Crippen LogP contribution in [0.4, 0.5) is 4.39 Å². The van der Waals surface area contributed by atoms with Gasteiger partial charge >= 0.3 is 0 Å². The van der Waals surface area contributed by atoms with Crippen LogP contribution in [0, 0.1) is 5.82 Å². The van der Waals surface area contributed by atoms with Crippen molar-refractivity contribution in [2.75, 3.05) is 13.6 Å². The Morgan fingerprint density at radius 2 is 2.07 bits per heavy atom. The third-order valence-electron chi connectivity index (χ3n) is 1.95. The number of halogens is 2. The highest BCUT2D eigenvalue weighted by atomic mass is 79.9. The van der Waals surface area contributed by atoms with Gasteiger partial charge in [0.15, 0.2) is 17.3 Å². The second kappa shape index (κ2) is 4.78. The minimum Gasteiger partial charge on any atom is -0.504 e. The summed E-state index contributed by atoms with van der Waals surface area (Å²) >= 11 is 3.00. The summed E-state index contributed by atoms with van der Waals surface area (Å²) in [7, 11) is 1.62. The van der Waals surface area contributed by atoms with Crippen LogP contribution in [0.5, 0.6) is 11.5 Å². The fourth-order valence-corrected chi connectivity index (χ4v) is 1.88. The molecule has 1 aromatic rings. The first-order valence-corrected chi connectivity index (χ1v) is 5.00. The highest BCUT2D eigenvalue weighted by Gasteiger charge is 2.21. The fraction of sp³-hybridized carbons (Fsp3) is 0.333. The van der Waals surface area contributed by atoms with Crippen LogP contribution in [-0.2, 0) is 0 Å². The highest BCUT2D eigenvalue weighted by molar-refractivity contribution is 9.10. The molecule has 1 unspecified atom stereocenters. The van der Waals surface area contributed by atoms with Crippen LogP contribution in [0.3, 0.4) is 0 Å². The lowest BCUT2D eigenvalue weighted by molar-refractivity contribution is 0.172. The molecule has 0 fully saturated rings. The SMILES string of the molecule is CNCC(O)c1c(Br)cc(F)c(O)c1O. The number of phenols is 2. The zero-order chi connectivity index (χ0) is 11.6. The number of likely N-dealkylation sites (N-methyl/N-ethyl adjacent to an activating group) is 1. The molecule has 0 aliphatic rings. The Bertz CT molecular complexity index is 373. The van der Waals surface area contributed by atoms with Gasteiger partial charge in [-0.25, -0.2) is 4.39 Å². The molecular weight excluding hydrogens is 269 g/mol. The van der Waals surface area contributed by atoms with Gasteiger partial charge in [0, 0.05) is 16.6 Å². The van der Waals surface area contributed by atoms with E-state index in [2.05, 4.69) is 21.2 Å². The van der Waals surface area contributed by atoms with Crippen molar-refractivity contribution in [1.29, 1.82) is 0 Å². The van der Waals surface area contributed by atoms with Crippen LogP contribution in [-0.4, -0.2) is 28.9 Å². The summed E-state index contributed by atoms with van der Waals surface area (Å²) in [5, 5.41) is 30.9. The molecule has 15 heavy (non-hydrogen) atoms. The Labute approximate surface area is 94.5 Å². The van der Waals surface area contributed by atoms with E-state index in [-0.39, 0.29) is 16.6 Å². The maximum absolute atomic E-state index is 12.9. The van der Waals surface area contributed by atoms with Crippen LogP contribution < -0.4 is 5.32 Å². The van der Waals surface area contributed by atoms with Gasteiger partial charge in [-0.2, -0.15) is 0 Å². The van der Waals surface area contributed by atoms with Gasteiger partial charge in [0.2, 0.25) is 0 Å². The van der Waals surface area contributed by atoms with Crippen molar-refractivity contribution < 1.29 is 19.7 Å². The van der Waals surface area contributed by atoms with E-state index in [0.717, 1.165) is 6.07 Å². The number of hydrogen-bond acceptors (Lipinski definition) is 4. The Hall–Kier alpha value is -0.850. The minimum absolute atomic E-state index is 0.0586. The predicted molar refractivity (Wildman–Crippen MR) is 56.3 cm³/mol. The van der Waals surface area contributed by atoms with Crippen molar-refractivity contribution in [1.82, 2.24) is 5.32 Å². The molecule has 84 valence electrons. The third-order valence-corrected chi connectivity index (χ3v) is 2.60. The van der Waals surface area contributed by atoms with Gasteiger partial charge < -0.3 is 20.6 Å². The third kappa shape index (κ3) is 2.39. The summed E-state index contributed by atoms with van der Waals surface area (Å²) < 4.78 is 13.1. The highest BCUT2D eigenvalue weighted by Crippen LogP contribution is 2.40. The quantitative estimate of drug-likeness (QED) is 0.629. The Kier molecular flexibility index (Phi) is 3.90. The van der Waals surface area contributed by atoms with E-state index in [4.69, 9.17) is 5.11 Å². The molecule has 0 spiro atoms. The van der Waals surface area contributed by atoms with Crippen molar-refractivity contribution in [3.05, 3.63) is 21.9 Å². The molecule has 0 heterocycles. The summed E-state index contributed by atoms with van der Waals surface area (Å²) in [5.41, 5.74) is 0.0586. The van der Waals surface area contributed by atoms with E-state index in [1.807, 2.05) is 0 Å². The number of nitrogens with one attached hydrogen (secondary N) is 1. The summed E-state index contributed by atoms with van der Waals surface area (Å²) in [4.78, 5) is 0. The van der Waals surface area contributed by atoms with Crippen molar-refractivity contribution in [3.8, 4) is 11.5 Å². The van der Waals surface area contributed by atoms with Crippen LogP contribution in [0.1, 0.15) is 11.7 Å². The first kappa shape index (κ1) is 12.2. The maximum Gasteiger partial charge on any atom is 0.194 e. The lowest BCUT2D eigenvalue weighted by Gasteiger charge is -2.15. The molecule has 0 aromatic heterocycles. The van der Waals surface area contributed by atoms with E-state index < -0.39 is 23.4 Å². The second-order valence-electron chi connectivity index (χ2n) is 3.02. The number of aromatic hydroxyl groups is 2. The van der Waals surface area contributed by atoms with E-state index in [0.29, 0.717) is 0 Å². The largest absolute Gasteiger partial charge is 0.504 e. The number of benzene rings is 1. The lowest BCUT2D eigenvalue weighted by Crippen LogP contribution is -2.17. The zero-order valence-corrected chi connectivity index (χ0v) is 9.55. The Balaban J connectivity index is 3.23. The maximum atomic E-state index is 12.9. The van der Waals surface area contributed by atoms with Gasteiger partial charge in [0.1, 0.15) is 0 Å². The summed E-state index contributed by atoms with van der Waals surface area (Å²) in [6, 6.07) is 0.989. The van der Waals surface area contributed by atoms with Crippen molar-refractivity contribution in [3.63, 3.8) is 0 Å². The monoisotopic (exact) mass is 279 g/mol. The van der Waals surface area contributed by atoms with Crippen molar-refractivity contribution in [2.45, 2.75) is 6.10 Å². The van der Waals surface area contributed by atoms with Crippen LogP contribution in [0.25, 0.3) is 0 Å². The molecule has 0 aliphatic heterocycles. The number of aliphatic hydroxyl groups is 1. The lowest BCUT2D eigenvalue weighted by atomic mass is 10.1. The molecule has 0 aliphatic carbocycles. The van der Waals surface area contributed by atoms with Crippen LogP contribution in [0.2, 0.25) is 0 Å². The van der Waals surface area contributed by atoms with E-state index in [1.54, 1.807) is 7.05 Å². The van der Waals surface area contributed by atoms with E-state index in [9.17, 15) is 14.6 Å². The van der Waals surface area contributed by atoms with E-state index in [1.165, 1.54) is 0 Å². The van der Waals surface area contributed by atoms with Crippen LogP contribution in [0.15, 0.2) is 10.5 Å². The Morgan fingerprint density at radius 3 is 2.60 bits per heavy atom. The smallest absolute Gasteiger partial charge is 0.194 e. The van der Waals surface area contributed by atoms with Crippen LogP contribution >= 0.6 is 15.9 Å². The van der Waals surface area contributed by atoms with Crippen molar-refractivity contribution in [2.24, 2.45) is 0 Å². The number of hydrogen-bond donors (Lipinski definition) is 4. The second-order valence-corrected chi connectivity index (χ2v) is 3.88. The topological polar surface area (TPSA) is 72.7 Å². The first-order chi connectivity index (χ1) is 6.99. The molecule has 0 saturated carbocycles. The van der Waals surface area contributed by atoms with Gasteiger partial charge in [-0.15, -0.1) is 0 Å². The summed E-state index contributed by atoms with van der Waals surface area (Å²) in [6.07, 6.45) is -1.03. The van der Waals surface area contributed by atoms with Gasteiger partial charge in [-0.05, 0) is 13.1 Å². The summed E-state index contributed by atoms with van der Waals surface area (Å²) in [6.45, 7) is 0.178. The molecule has 0 amide bonds. The zero-order valence-electron chi connectivity index (χ0n) is 7.96. The van der Waals surface area contributed by atoms with Crippen molar-refractivity contribution >= 4 is 15.9 Å².